The van der Waals surface area contributed by atoms with E-state index in [0.29, 0.717) is 33.5 Å². The van der Waals surface area contributed by atoms with Crippen LogP contribution in [0.5, 0.6) is 11.5 Å². The van der Waals surface area contributed by atoms with Gasteiger partial charge in [-0.3, -0.25) is 14.2 Å². The van der Waals surface area contributed by atoms with E-state index in [1.165, 1.54) is 18.2 Å². The molecule has 0 amide bonds. The number of carbonyl (C=O) groups excluding carboxylic acids is 1. The van der Waals surface area contributed by atoms with Crippen LogP contribution in [0.3, 0.4) is 0 Å². The molecule has 2 N–H and O–H groups in total. The predicted octanol–water partition coefficient (Wildman–Crippen LogP) is 4.48. The highest BCUT2D eigenvalue weighted by molar-refractivity contribution is 7.99. The molecule has 6 nitrogen and oxygen atoms in total. The number of carbonyl (C=O) groups is 1. The Morgan fingerprint density at radius 2 is 1.93 bits per heavy atom. The second-order valence-corrected chi connectivity index (χ2v) is 8.49. The van der Waals surface area contributed by atoms with Crippen molar-refractivity contribution in [1.82, 2.24) is 9.55 Å². The Morgan fingerprint density at radius 1 is 1.17 bits per heavy atom. The highest BCUT2D eigenvalue weighted by Crippen LogP contribution is 2.27. The van der Waals surface area contributed by atoms with Crippen molar-refractivity contribution in [3.63, 3.8) is 0 Å². The van der Waals surface area contributed by atoms with Crippen LogP contribution in [0.2, 0.25) is 5.02 Å². The highest BCUT2D eigenvalue weighted by atomic mass is 35.5. The molecule has 3 rings (SSSR count). The molecule has 0 aliphatic carbocycles. The van der Waals surface area contributed by atoms with Crippen LogP contribution in [0, 0.1) is 5.92 Å². The molecule has 2 aromatic carbocycles. The number of nitrogens with zero attached hydrogens (tertiary/aromatic N) is 2. The first-order valence-corrected chi connectivity index (χ1v) is 10.5. The molecule has 152 valence electrons. The third kappa shape index (κ3) is 4.92. The summed E-state index contributed by atoms with van der Waals surface area (Å²) in [5.74, 6) is -0.453. The van der Waals surface area contributed by atoms with Crippen LogP contribution in [-0.4, -0.2) is 31.3 Å². The number of Topliss-reactive ketones (excluding diaryl/α,β-unsaturated/α-hetero) is 1. The Balaban J connectivity index is 1.93. The summed E-state index contributed by atoms with van der Waals surface area (Å²) in [5, 5.41) is 20.4. The summed E-state index contributed by atoms with van der Waals surface area (Å²) in [5.41, 5.74) is 0.595. The summed E-state index contributed by atoms with van der Waals surface area (Å²) in [6, 6.07) is 8.89. The van der Waals surface area contributed by atoms with E-state index < -0.39 is 0 Å². The number of aromatic hydroxyl groups is 2. The first-order chi connectivity index (χ1) is 13.8. The molecule has 0 radical (unpaired) electrons. The molecule has 0 saturated heterocycles. The minimum absolute atomic E-state index is 0.0321. The maximum absolute atomic E-state index is 13.0. The molecule has 1 heterocycles. The lowest BCUT2D eigenvalue weighted by Crippen LogP contribution is -2.24. The minimum Gasteiger partial charge on any atom is -0.504 e. The molecule has 29 heavy (non-hydrogen) atoms. The van der Waals surface area contributed by atoms with E-state index in [0.717, 1.165) is 18.2 Å². The topological polar surface area (TPSA) is 92.4 Å². The lowest BCUT2D eigenvalue weighted by Gasteiger charge is -2.14. The molecule has 0 saturated carbocycles. The third-order valence-electron chi connectivity index (χ3n) is 4.44. The van der Waals surface area contributed by atoms with Crippen molar-refractivity contribution in [2.45, 2.75) is 32.0 Å². The predicted molar refractivity (Wildman–Crippen MR) is 115 cm³/mol. The maximum Gasteiger partial charge on any atom is 0.262 e. The number of halogens is 1. The van der Waals surface area contributed by atoms with E-state index in [1.807, 2.05) is 0 Å². The van der Waals surface area contributed by atoms with Crippen molar-refractivity contribution in [1.29, 1.82) is 0 Å². The Kier molecular flexibility index (Phi) is 6.49. The second kappa shape index (κ2) is 8.88. The van der Waals surface area contributed by atoms with E-state index in [9.17, 15) is 19.8 Å². The first kappa shape index (κ1) is 21.2. The Bertz CT molecular complexity index is 1130. The lowest BCUT2D eigenvalue weighted by atomic mass is 10.1. The van der Waals surface area contributed by atoms with Gasteiger partial charge in [-0.15, -0.1) is 0 Å². The normalized spacial score (nSPS) is 11.3. The summed E-state index contributed by atoms with van der Waals surface area (Å²) in [4.78, 5) is 30.1. The molecule has 0 atom stereocenters. The Morgan fingerprint density at radius 3 is 2.62 bits per heavy atom. The lowest BCUT2D eigenvalue weighted by molar-refractivity contribution is 0.102. The van der Waals surface area contributed by atoms with Crippen molar-refractivity contribution in [3.8, 4) is 11.5 Å². The molecule has 0 fully saturated rings. The monoisotopic (exact) mass is 432 g/mol. The molecule has 0 unspecified atom stereocenters. The molecule has 0 spiro atoms. The van der Waals surface area contributed by atoms with Gasteiger partial charge in [0.15, 0.2) is 22.4 Å². The number of phenolic OH excluding ortho intramolecular Hbond substituents is 2. The molecular formula is C21H21ClN2O4S. The number of benzene rings is 2. The number of aromatic nitrogens is 2. The van der Waals surface area contributed by atoms with Crippen LogP contribution in [0.1, 0.15) is 30.6 Å². The third-order valence-corrected chi connectivity index (χ3v) is 5.65. The van der Waals surface area contributed by atoms with Gasteiger partial charge in [-0.05, 0) is 48.7 Å². The summed E-state index contributed by atoms with van der Waals surface area (Å²) in [6.45, 7) is 4.65. The fraction of sp³-hybridized carbons (Fsp3) is 0.286. The van der Waals surface area contributed by atoms with Gasteiger partial charge < -0.3 is 10.2 Å². The van der Waals surface area contributed by atoms with Gasteiger partial charge >= 0.3 is 0 Å². The highest BCUT2D eigenvalue weighted by Gasteiger charge is 2.15. The summed E-state index contributed by atoms with van der Waals surface area (Å²) < 4.78 is 1.60. The molecule has 0 bridgehead atoms. The van der Waals surface area contributed by atoms with Crippen LogP contribution in [0.15, 0.2) is 46.3 Å². The van der Waals surface area contributed by atoms with Crippen LogP contribution >= 0.6 is 23.4 Å². The average Bonchev–Trinajstić information content (AvgIpc) is 2.67. The van der Waals surface area contributed by atoms with Crippen LogP contribution in [0.4, 0.5) is 0 Å². The van der Waals surface area contributed by atoms with Gasteiger partial charge in [-0.1, -0.05) is 37.2 Å². The van der Waals surface area contributed by atoms with Gasteiger partial charge in [0.2, 0.25) is 0 Å². The first-order valence-electron chi connectivity index (χ1n) is 9.14. The standard InChI is InChI=1S/C21H21ClN2O4S/c1-12(2)7-8-24-20(28)15-5-4-14(22)10-16(15)23-21(24)29-11-19(27)13-3-6-17(25)18(26)9-13/h3-6,9-10,12,25-26H,7-8,11H2,1-2H3. The smallest absolute Gasteiger partial charge is 0.262 e. The molecule has 0 aliphatic rings. The summed E-state index contributed by atoms with van der Waals surface area (Å²) in [6.07, 6.45) is 0.800. The number of fused-ring (bicyclic) bond motifs is 1. The van der Waals surface area contributed by atoms with Crippen molar-refractivity contribution >= 4 is 40.0 Å². The van der Waals surface area contributed by atoms with E-state index in [4.69, 9.17) is 11.6 Å². The van der Waals surface area contributed by atoms with Gasteiger partial charge in [0, 0.05) is 17.1 Å². The number of phenols is 2. The fourth-order valence-electron chi connectivity index (χ4n) is 2.78. The number of hydrogen-bond acceptors (Lipinski definition) is 6. The van der Waals surface area contributed by atoms with Crippen molar-refractivity contribution in [2.75, 3.05) is 5.75 Å². The van der Waals surface area contributed by atoms with Crippen molar-refractivity contribution in [3.05, 3.63) is 57.3 Å². The zero-order valence-electron chi connectivity index (χ0n) is 16.1. The molecular weight excluding hydrogens is 412 g/mol. The van der Waals surface area contributed by atoms with Crippen molar-refractivity contribution in [2.24, 2.45) is 5.92 Å². The van der Waals surface area contributed by atoms with Crippen LogP contribution in [-0.2, 0) is 6.54 Å². The Labute approximate surface area is 177 Å². The average molecular weight is 433 g/mol. The van der Waals surface area contributed by atoms with Gasteiger partial charge in [0.25, 0.3) is 5.56 Å². The molecule has 0 aliphatic heterocycles. The zero-order valence-corrected chi connectivity index (χ0v) is 17.6. The number of hydrogen-bond donors (Lipinski definition) is 2. The van der Waals surface area contributed by atoms with E-state index in [1.54, 1.807) is 22.8 Å². The largest absolute Gasteiger partial charge is 0.504 e. The molecule has 3 aromatic rings. The van der Waals surface area contributed by atoms with Gasteiger partial charge in [-0.2, -0.15) is 0 Å². The SMILES string of the molecule is CC(C)CCn1c(SCC(=O)c2ccc(O)c(O)c2)nc2cc(Cl)ccc2c1=O. The van der Waals surface area contributed by atoms with Gasteiger partial charge in [-0.25, -0.2) is 4.98 Å². The number of rotatable bonds is 7. The van der Waals surface area contributed by atoms with Crippen molar-refractivity contribution < 1.29 is 15.0 Å². The quantitative estimate of drug-likeness (QED) is 0.247. The Hall–Kier alpha value is -2.51. The van der Waals surface area contributed by atoms with Gasteiger partial charge in [0.1, 0.15) is 0 Å². The van der Waals surface area contributed by atoms with Gasteiger partial charge in [0.05, 0.1) is 16.7 Å². The second-order valence-electron chi connectivity index (χ2n) is 7.11. The molecule has 1 aromatic heterocycles. The van der Waals surface area contributed by atoms with E-state index in [2.05, 4.69) is 18.8 Å². The minimum atomic E-state index is -0.354. The van der Waals surface area contributed by atoms with E-state index >= 15 is 0 Å². The van der Waals surface area contributed by atoms with E-state index in [-0.39, 0.29) is 34.2 Å². The fourth-order valence-corrected chi connectivity index (χ4v) is 3.86. The molecule has 8 heteroatoms. The summed E-state index contributed by atoms with van der Waals surface area (Å²) in [7, 11) is 0. The van der Waals surface area contributed by atoms with Crippen LogP contribution in [0.25, 0.3) is 10.9 Å². The maximum atomic E-state index is 13.0. The summed E-state index contributed by atoms with van der Waals surface area (Å²) >= 11 is 7.21. The number of ketones is 1. The van der Waals surface area contributed by atoms with Crippen LogP contribution < -0.4 is 5.56 Å². The zero-order chi connectivity index (χ0) is 21.1. The number of thioether (sulfide) groups is 1.